The summed E-state index contributed by atoms with van der Waals surface area (Å²) in [7, 11) is 0. The second-order valence-corrected chi connectivity index (χ2v) is 8.51. The van der Waals surface area contributed by atoms with E-state index in [1.165, 1.54) is 11.3 Å². The van der Waals surface area contributed by atoms with Gasteiger partial charge in [-0.25, -0.2) is 9.78 Å². The number of nitrogens with zero attached hydrogens (tertiary/aromatic N) is 2. The average molecular weight is 422 g/mol. The standard InChI is InChI=1S/C19H20ClN3O4S/c20-13-1-3-14(4-2-13)27-15-5-11-7-23(8-12(11)6-15)19(25)26-9-17-22-16(10-28-17)18(21)24/h1-4,10-12,15H,5-9H2,(H2,21,24)/t11-,12+,15?. The Bertz CT molecular complexity index is 858. The molecule has 2 aliphatic rings. The molecule has 1 unspecified atom stereocenters. The fraction of sp³-hybridized carbons (Fsp3) is 0.421. The third-order valence-electron chi connectivity index (χ3n) is 5.21. The summed E-state index contributed by atoms with van der Waals surface area (Å²) in [6, 6.07) is 7.39. The SMILES string of the molecule is NC(=O)c1csc(COC(=O)N2C[C@H]3CC(Oc4ccc(Cl)cc4)C[C@H]3C2)n1. The van der Waals surface area contributed by atoms with Crippen LogP contribution in [0.4, 0.5) is 4.79 Å². The molecule has 0 radical (unpaired) electrons. The van der Waals surface area contributed by atoms with E-state index in [0.29, 0.717) is 35.0 Å². The quantitative estimate of drug-likeness (QED) is 0.799. The first-order valence-corrected chi connectivity index (χ1v) is 10.3. The Hall–Kier alpha value is -2.32. The lowest BCUT2D eigenvalue weighted by molar-refractivity contribution is 0.0980. The Morgan fingerprint density at radius 2 is 1.89 bits per heavy atom. The van der Waals surface area contributed by atoms with E-state index in [-0.39, 0.29) is 24.5 Å². The second-order valence-electron chi connectivity index (χ2n) is 7.14. The van der Waals surface area contributed by atoms with Crippen LogP contribution >= 0.6 is 22.9 Å². The molecule has 1 saturated heterocycles. The maximum absolute atomic E-state index is 12.3. The number of carbonyl (C=O) groups excluding carboxylic acids is 2. The molecule has 7 nitrogen and oxygen atoms in total. The normalized spacial score (nSPS) is 23.5. The Kier molecular flexibility index (Phi) is 5.41. The summed E-state index contributed by atoms with van der Waals surface area (Å²) in [4.78, 5) is 29.2. The van der Waals surface area contributed by atoms with Crippen molar-refractivity contribution in [3.63, 3.8) is 0 Å². The maximum atomic E-state index is 12.3. The van der Waals surface area contributed by atoms with Crippen molar-refractivity contribution in [3.05, 3.63) is 45.4 Å². The minimum absolute atomic E-state index is 0.0465. The fourth-order valence-corrected chi connectivity index (χ4v) is 4.72. The van der Waals surface area contributed by atoms with Gasteiger partial charge in [-0.05, 0) is 48.9 Å². The van der Waals surface area contributed by atoms with Crippen molar-refractivity contribution in [3.8, 4) is 5.75 Å². The van der Waals surface area contributed by atoms with Crippen molar-refractivity contribution in [2.24, 2.45) is 17.6 Å². The van der Waals surface area contributed by atoms with E-state index in [9.17, 15) is 9.59 Å². The van der Waals surface area contributed by atoms with Gasteiger partial charge in [-0.2, -0.15) is 0 Å². The van der Waals surface area contributed by atoms with Gasteiger partial charge in [0.15, 0.2) is 0 Å². The zero-order valence-electron chi connectivity index (χ0n) is 15.0. The molecule has 1 aliphatic heterocycles. The maximum Gasteiger partial charge on any atom is 0.410 e. The van der Waals surface area contributed by atoms with Gasteiger partial charge in [-0.3, -0.25) is 4.79 Å². The van der Waals surface area contributed by atoms with Crippen LogP contribution in [0.5, 0.6) is 5.75 Å². The number of thiazole rings is 1. The topological polar surface area (TPSA) is 94.8 Å². The number of benzene rings is 1. The Morgan fingerprint density at radius 1 is 1.21 bits per heavy atom. The lowest BCUT2D eigenvalue weighted by Crippen LogP contribution is -2.31. The number of rotatable bonds is 5. The molecular weight excluding hydrogens is 402 g/mol. The zero-order chi connectivity index (χ0) is 19.7. The summed E-state index contributed by atoms with van der Waals surface area (Å²) in [6.45, 7) is 1.40. The number of hydrogen-bond acceptors (Lipinski definition) is 6. The largest absolute Gasteiger partial charge is 0.490 e. The molecule has 1 aliphatic carbocycles. The molecule has 9 heteroatoms. The van der Waals surface area contributed by atoms with Gasteiger partial charge in [0.25, 0.3) is 5.91 Å². The molecule has 2 aromatic rings. The monoisotopic (exact) mass is 421 g/mol. The third kappa shape index (κ3) is 4.23. The molecule has 1 aromatic carbocycles. The highest BCUT2D eigenvalue weighted by Gasteiger charge is 2.43. The number of primary amides is 1. The summed E-state index contributed by atoms with van der Waals surface area (Å²) >= 11 is 7.15. The van der Waals surface area contributed by atoms with Gasteiger partial charge in [0.1, 0.15) is 23.1 Å². The first-order chi connectivity index (χ1) is 13.5. The van der Waals surface area contributed by atoms with Crippen LogP contribution in [-0.2, 0) is 11.3 Å². The van der Waals surface area contributed by atoms with Gasteiger partial charge < -0.3 is 20.1 Å². The van der Waals surface area contributed by atoms with Crippen LogP contribution in [0.15, 0.2) is 29.6 Å². The van der Waals surface area contributed by atoms with Crippen LogP contribution in [-0.4, -0.2) is 41.1 Å². The molecule has 0 spiro atoms. The number of fused-ring (bicyclic) bond motifs is 1. The molecule has 2 N–H and O–H groups in total. The minimum Gasteiger partial charge on any atom is -0.490 e. The van der Waals surface area contributed by atoms with Gasteiger partial charge in [-0.1, -0.05) is 11.6 Å². The van der Waals surface area contributed by atoms with Crippen molar-refractivity contribution in [1.82, 2.24) is 9.88 Å². The molecule has 3 atom stereocenters. The summed E-state index contributed by atoms with van der Waals surface area (Å²) in [6.07, 6.45) is 1.66. The molecular formula is C19H20ClN3O4S. The number of nitrogens with two attached hydrogens (primary N) is 1. The smallest absolute Gasteiger partial charge is 0.410 e. The molecule has 2 fully saturated rings. The number of hydrogen-bond donors (Lipinski definition) is 1. The first-order valence-electron chi connectivity index (χ1n) is 9.06. The molecule has 4 rings (SSSR count). The van der Waals surface area contributed by atoms with Crippen LogP contribution in [0.25, 0.3) is 0 Å². The highest BCUT2D eigenvalue weighted by molar-refractivity contribution is 7.09. The summed E-state index contributed by atoms with van der Waals surface area (Å²) in [5.74, 6) is 1.08. The van der Waals surface area contributed by atoms with Crippen molar-refractivity contribution in [2.75, 3.05) is 13.1 Å². The van der Waals surface area contributed by atoms with Crippen molar-refractivity contribution < 1.29 is 19.1 Å². The number of amides is 2. The van der Waals surface area contributed by atoms with Crippen LogP contribution in [0, 0.1) is 11.8 Å². The number of ether oxygens (including phenoxy) is 2. The van der Waals surface area contributed by atoms with E-state index < -0.39 is 5.91 Å². The molecule has 1 aromatic heterocycles. The molecule has 1 saturated carbocycles. The average Bonchev–Trinajstić information content (AvgIpc) is 3.36. The number of carbonyl (C=O) groups is 2. The highest BCUT2D eigenvalue weighted by Crippen LogP contribution is 2.40. The lowest BCUT2D eigenvalue weighted by atomic mass is 10.0. The third-order valence-corrected chi connectivity index (χ3v) is 6.28. The van der Waals surface area contributed by atoms with Crippen molar-refractivity contribution in [2.45, 2.75) is 25.6 Å². The molecule has 0 bridgehead atoms. The van der Waals surface area contributed by atoms with E-state index in [0.717, 1.165) is 18.6 Å². The lowest BCUT2D eigenvalue weighted by Gasteiger charge is -2.19. The van der Waals surface area contributed by atoms with E-state index in [1.54, 1.807) is 10.3 Å². The molecule has 2 amide bonds. The van der Waals surface area contributed by atoms with Crippen LogP contribution in [0.2, 0.25) is 5.02 Å². The molecule has 2 heterocycles. The molecule has 148 valence electrons. The fourth-order valence-electron chi connectivity index (χ4n) is 3.90. The van der Waals surface area contributed by atoms with Gasteiger partial charge in [0.2, 0.25) is 0 Å². The summed E-state index contributed by atoms with van der Waals surface area (Å²) < 4.78 is 11.4. The van der Waals surface area contributed by atoms with E-state index >= 15 is 0 Å². The zero-order valence-corrected chi connectivity index (χ0v) is 16.6. The minimum atomic E-state index is -0.587. The van der Waals surface area contributed by atoms with Gasteiger partial charge in [-0.15, -0.1) is 11.3 Å². The van der Waals surface area contributed by atoms with Gasteiger partial charge in [0.05, 0.1) is 6.10 Å². The van der Waals surface area contributed by atoms with Crippen LogP contribution in [0.3, 0.4) is 0 Å². The van der Waals surface area contributed by atoms with E-state index in [1.807, 2.05) is 24.3 Å². The predicted molar refractivity (Wildman–Crippen MR) is 104 cm³/mol. The van der Waals surface area contributed by atoms with Crippen LogP contribution < -0.4 is 10.5 Å². The summed E-state index contributed by atoms with van der Waals surface area (Å²) in [5.41, 5.74) is 5.37. The Balaban J connectivity index is 1.24. The first kappa shape index (κ1) is 19.0. The number of likely N-dealkylation sites (tertiary alicyclic amines) is 1. The van der Waals surface area contributed by atoms with Crippen molar-refractivity contribution in [1.29, 1.82) is 0 Å². The van der Waals surface area contributed by atoms with Gasteiger partial charge >= 0.3 is 6.09 Å². The van der Waals surface area contributed by atoms with Crippen molar-refractivity contribution >= 4 is 34.9 Å². The molecule has 28 heavy (non-hydrogen) atoms. The van der Waals surface area contributed by atoms with E-state index in [2.05, 4.69) is 4.98 Å². The Morgan fingerprint density at radius 3 is 2.50 bits per heavy atom. The highest BCUT2D eigenvalue weighted by atomic mass is 35.5. The number of halogens is 1. The van der Waals surface area contributed by atoms with E-state index in [4.69, 9.17) is 26.8 Å². The predicted octanol–water partition coefficient (Wildman–Crippen LogP) is 3.32. The number of aromatic nitrogens is 1. The second kappa shape index (κ2) is 7.97. The Labute approximate surface area is 171 Å². The van der Waals surface area contributed by atoms with Gasteiger partial charge in [0, 0.05) is 23.5 Å². The van der Waals surface area contributed by atoms with Crippen LogP contribution in [0.1, 0.15) is 28.3 Å². The summed E-state index contributed by atoms with van der Waals surface area (Å²) in [5, 5.41) is 2.80.